The molecule has 0 saturated carbocycles. The Kier molecular flexibility index (Phi) is 5.79. The van der Waals surface area contributed by atoms with E-state index < -0.39 is 0 Å². The first kappa shape index (κ1) is 19.1. The van der Waals surface area contributed by atoms with E-state index in [0.717, 1.165) is 18.4 Å². The summed E-state index contributed by atoms with van der Waals surface area (Å²) in [6.45, 7) is 0.394. The number of ether oxygens (including phenoxy) is 1. The van der Waals surface area contributed by atoms with Crippen molar-refractivity contribution in [3.05, 3.63) is 78.1 Å². The largest absolute Gasteiger partial charge is 0.487 e. The van der Waals surface area contributed by atoms with Crippen LogP contribution in [0.5, 0.6) is 5.75 Å². The van der Waals surface area contributed by atoms with Crippen LogP contribution in [0.25, 0.3) is 11.1 Å². The number of fused-ring (bicyclic) bond motifs is 1. The van der Waals surface area contributed by atoms with E-state index in [1.807, 2.05) is 18.2 Å². The molecular weight excluding hydrogens is 369 g/mol. The number of nitrogens with zero attached hydrogens (tertiary/aromatic N) is 2. The van der Waals surface area contributed by atoms with Gasteiger partial charge in [-0.3, -0.25) is 4.79 Å². The highest BCUT2D eigenvalue weighted by atomic mass is 19.1. The molecule has 1 atom stereocenters. The van der Waals surface area contributed by atoms with Crippen LogP contribution in [0, 0.1) is 5.82 Å². The number of aryl methyl sites for hydroxylation is 1. The normalized spacial score (nSPS) is 14.9. The van der Waals surface area contributed by atoms with Crippen molar-refractivity contribution in [1.29, 1.82) is 0 Å². The molecule has 6 heteroatoms. The highest BCUT2D eigenvalue weighted by Crippen LogP contribution is 2.39. The Bertz CT molecular complexity index is 980. The second-order valence-corrected chi connectivity index (χ2v) is 7.16. The molecule has 1 aliphatic heterocycles. The van der Waals surface area contributed by atoms with Gasteiger partial charge in [-0.1, -0.05) is 30.3 Å². The van der Waals surface area contributed by atoms with Crippen molar-refractivity contribution in [3.8, 4) is 16.9 Å². The standard InChI is InChI=1S/C23H22FN3O2/c24-19-9-17-10-20(29-23(17)21(11-19)18-12-25-15-26-13-18)14-27-22(28)8-4-7-16-5-2-1-3-6-16/h1-3,5-6,9,11-13,15,20H,4,7-8,10,14H2,(H,27,28). The number of aromatic nitrogens is 2. The summed E-state index contributed by atoms with van der Waals surface area (Å²) >= 11 is 0. The number of nitrogens with one attached hydrogen (secondary N) is 1. The fourth-order valence-corrected chi connectivity index (χ4v) is 3.57. The predicted molar refractivity (Wildman–Crippen MR) is 108 cm³/mol. The molecule has 3 aromatic rings. The molecule has 2 heterocycles. The number of benzene rings is 2. The minimum atomic E-state index is -0.322. The summed E-state index contributed by atoms with van der Waals surface area (Å²) < 4.78 is 20.1. The Hall–Kier alpha value is -3.28. The zero-order valence-electron chi connectivity index (χ0n) is 16.0. The summed E-state index contributed by atoms with van der Waals surface area (Å²) in [7, 11) is 0. The van der Waals surface area contributed by atoms with Crippen molar-refractivity contribution in [2.45, 2.75) is 31.8 Å². The lowest BCUT2D eigenvalue weighted by molar-refractivity contribution is -0.121. The molecule has 1 unspecified atom stereocenters. The van der Waals surface area contributed by atoms with Gasteiger partial charge in [0.2, 0.25) is 5.91 Å². The van der Waals surface area contributed by atoms with Crippen molar-refractivity contribution >= 4 is 5.91 Å². The maximum absolute atomic E-state index is 14.1. The maximum atomic E-state index is 14.1. The zero-order chi connectivity index (χ0) is 20.1. The van der Waals surface area contributed by atoms with Gasteiger partial charge in [-0.05, 0) is 30.5 Å². The van der Waals surface area contributed by atoms with E-state index in [2.05, 4.69) is 27.4 Å². The van der Waals surface area contributed by atoms with Gasteiger partial charge < -0.3 is 10.1 Å². The average molecular weight is 391 g/mol. The molecule has 1 N–H and O–H groups in total. The third-order valence-electron chi connectivity index (χ3n) is 4.97. The van der Waals surface area contributed by atoms with E-state index in [1.165, 1.54) is 24.0 Å². The monoisotopic (exact) mass is 391 g/mol. The average Bonchev–Trinajstić information content (AvgIpc) is 3.16. The summed E-state index contributed by atoms with van der Waals surface area (Å²) in [5.74, 6) is 0.324. The van der Waals surface area contributed by atoms with Gasteiger partial charge in [-0.15, -0.1) is 0 Å². The van der Waals surface area contributed by atoms with E-state index in [9.17, 15) is 9.18 Å². The fraction of sp³-hybridized carbons (Fsp3) is 0.261. The highest BCUT2D eigenvalue weighted by Gasteiger charge is 2.27. The topological polar surface area (TPSA) is 64.1 Å². The van der Waals surface area contributed by atoms with Crippen LogP contribution < -0.4 is 10.1 Å². The summed E-state index contributed by atoms with van der Waals surface area (Å²) in [4.78, 5) is 20.2. The predicted octanol–water partition coefficient (Wildman–Crippen LogP) is 3.73. The third kappa shape index (κ3) is 4.77. The fourth-order valence-electron chi connectivity index (χ4n) is 3.57. The lowest BCUT2D eigenvalue weighted by Gasteiger charge is -2.13. The first-order valence-corrected chi connectivity index (χ1v) is 9.74. The quantitative estimate of drug-likeness (QED) is 0.667. The molecule has 1 aromatic heterocycles. The molecule has 0 saturated heterocycles. The van der Waals surface area contributed by atoms with Gasteiger partial charge in [0, 0.05) is 41.9 Å². The third-order valence-corrected chi connectivity index (χ3v) is 4.97. The molecular formula is C23H22FN3O2. The Balaban J connectivity index is 1.31. The molecule has 0 radical (unpaired) electrons. The number of hydrogen-bond donors (Lipinski definition) is 1. The Morgan fingerprint density at radius 3 is 2.76 bits per heavy atom. The molecule has 0 aliphatic carbocycles. The van der Waals surface area contributed by atoms with Gasteiger partial charge in [-0.2, -0.15) is 0 Å². The molecule has 1 aliphatic rings. The molecule has 2 aromatic carbocycles. The SMILES string of the molecule is O=C(CCCc1ccccc1)NCC1Cc2cc(F)cc(-c3cncnc3)c2O1. The van der Waals surface area contributed by atoms with E-state index in [-0.39, 0.29) is 17.8 Å². The van der Waals surface area contributed by atoms with Crippen molar-refractivity contribution in [2.75, 3.05) is 6.54 Å². The molecule has 1 amide bonds. The number of amides is 1. The minimum absolute atomic E-state index is 0.00310. The van der Waals surface area contributed by atoms with Gasteiger partial charge in [0.25, 0.3) is 0 Å². The molecule has 29 heavy (non-hydrogen) atoms. The smallest absolute Gasteiger partial charge is 0.220 e. The lowest BCUT2D eigenvalue weighted by atomic mass is 10.0. The maximum Gasteiger partial charge on any atom is 0.220 e. The van der Waals surface area contributed by atoms with Crippen molar-refractivity contribution < 1.29 is 13.9 Å². The van der Waals surface area contributed by atoms with Crippen molar-refractivity contribution in [3.63, 3.8) is 0 Å². The van der Waals surface area contributed by atoms with Crippen LogP contribution in [-0.2, 0) is 17.6 Å². The van der Waals surface area contributed by atoms with Crippen molar-refractivity contribution in [1.82, 2.24) is 15.3 Å². The van der Waals surface area contributed by atoms with Crippen LogP contribution >= 0.6 is 0 Å². The van der Waals surface area contributed by atoms with Crippen LogP contribution in [0.3, 0.4) is 0 Å². The summed E-state index contributed by atoms with van der Waals surface area (Å²) in [6.07, 6.45) is 7.18. The highest BCUT2D eigenvalue weighted by molar-refractivity contribution is 5.76. The first-order valence-electron chi connectivity index (χ1n) is 9.74. The number of rotatable bonds is 7. The van der Waals surface area contributed by atoms with Crippen LogP contribution in [0.15, 0.2) is 61.2 Å². The van der Waals surface area contributed by atoms with Gasteiger partial charge >= 0.3 is 0 Å². The first-order chi connectivity index (χ1) is 14.2. The van der Waals surface area contributed by atoms with Crippen LogP contribution in [0.2, 0.25) is 0 Å². The molecule has 0 spiro atoms. The minimum Gasteiger partial charge on any atom is -0.487 e. The lowest BCUT2D eigenvalue weighted by Crippen LogP contribution is -2.34. The van der Waals surface area contributed by atoms with E-state index in [0.29, 0.717) is 36.3 Å². The number of hydrogen-bond acceptors (Lipinski definition) is 4. The summed E-state index contributed by atoms with van der Waals surface area (Å²) in [6, 6.07) is 13.0. The molecule has 5 nitrogen and oxygen atoms in total. The second-order valence-electron chi connectivity index (χ2n) is 7.16. The molecule has 0 bridgehead atoms. The van der Waals surface area contributed by atoms with Crippen LogP contribution in [0.1, 0.15) is 24.0 Å². The second kappa shape index (κ2) is 8.82. The Morgan fingerprint density at radius 2 is 1.97 bits per heavy atom. The zero-order valence-corrected chi connectivity index (χ0v) is 16.0. The molecule has 4 rings (SSSR count). The van der Waals surface area contributed by atoms with Gasteiger partial charge in [-0.25, -0.2) is 14.4 Å². The Labute approximate surface area is 169 Å². The summed E-state index contributed by atoms with van der Waals surface area (Å²) in [5.41, 5.74) is 3.37. The van der Waals surface area contributed by atoms with E-state index in [4.69, 9.17) is 4.74 Å². The van der Waals surface area contributed by atoms with Crippen molar-refractivity contribution in [2.24, 2.45) is 0 Å². The van der Waals surface area contributed by atoms with Gasteiger partial charge in [0.1, 0.15) is 24.0 Å². The molecule has 0 fully saturated rings. The van der Waals surface area contributed by atoms with Gasteiger partial charge in [0.15, 0.2) is 0 Å². The Morgan fingerprint density at radius 1 is 1.17 bits per heavy atom. The van der Waals surface area contributed by atoms with E-state index in [1.54, 1.807) is 12.4 Å². The van der Waals surface area contributed by atoms with Crippen LogP contribution in [-0.4, -0.2) is 28.5 Å². The van der Waals surface area contributed by atoms with E-state index >= 15 is 0 Å². The molecule has 148 valence electrons. The number of halogens is 1. The van der Waals surface area contributed by atoms with Crippen LogP contribution in [0.4, 0.5) is 4.39 Å². The number of carbonyl (C=O) groups excluding carboxylic acids is 1. The summed E-state index contributed by atoms with van der Waals surface area (Å²) in [5, 5.41) is 2.94. The number of carbonyl (C=O) groups is 1. The van der Waals surface area contributed by atoms with Gasteiger partial charge in [0.05, 0.1) is 6.54 Å².